The maximum absolute atomic E-state index is 12.5. The number of benzene rings is 2. The molecule has 0 saturated heterocycles. The first-order chi connectivity index (χ1) is 10.6. The molecule has 0 fully saturated rings. The summed E-state index contributed by atoms with van der Waals surface area (Å²) >= 11 is 0. The summed E-state index contributed by atoms with van der Waals surface area (Å²) in [6.45, 7) is 4.02. The molecule has 2 heterocycles. The molecule has 1 aliphatic rings. The van der Waals surface area contributed by atoms with Crippen molar-refractivity contribution in [3.05, 3.63) is 58.7 Å². The van der Waals surface area contributed by atoms with Gasteiger partial charge in [0.05, 0.1) is 22.2 Å². The van der Waals surface area contributed by atoms with Crippen LogP contribution in [0.15, 0.2) is 36.4 Å². The van der Waals surface area contributed by atoms with Crippen molar-refractivity contribution in [3.63, 3.8) is 0 Å². The zero-order valence-electron chi connectivity index (χ0n) is 12.2. The molecule has 5 nitrogen and oxygen atoms in total. The van der Waals surface area contributed by atoms with Gasteiger partial charge in [-0.15, -0.1) is 0 Å². The largest absolute Gasteiger partial charge is 0.323 e. The number of imidazole rings is 1. The number of aromatic amines is 1. The van der Waals surface area contributed by atoms with Gasteiger partial charge in [0, 0.05) is 0 Å². The molecule has 108 valence electrons. The van der Waals surface area contributed by atoms with Crippen LogP contribution in [0.3, 0.4) is 0 Å². The lowest BCUT2D eigenvalue weighted by Gasteiger charge is -2.08. The summed E-state index contributed by atoms with van der Waals surface area (Å²) in [6.07, 6.45) is 0. The minimum Gasteiger partial charge on any atom is -0.323 e. The minimum atomic E-state index is -0.340. The summed E-state index contributed by atoms with van der Waals surface area (Å²) in [5, 5.41) is 0. The highest BCUT2D eigenvalue weighted by Gasteiger charge is 2.38. The van der Waals surface area contributed by atoms with Crippen molar-refractivity contribution in [2.45, 2.75) is 13.8 Å². The van der Waals surface area contributed by atoms with E-state index in [2.05, 4.69) is 9.97 Å². The van der Waals surface area contributed by atoms with Crippen LogP contribution < -0.4 is 4.90 Å². The molecular formula is C17H13N3O2. The third-order valence-corrected chi connectivity index (χ3v) is 4.09. The van der Waals surface area contributed by atoms with Crippen molar-refractivity contribution in [2.24, 2.45) is 0 Å². The van der Waals surface area contributed by atoms with E-state index in [4.69, 9.17) is 0 Å². The van der Waals surface area contributed by atoms with E-state index in [0.29, 0.717) is 11.1 Å². The highest BCUT2D eigenvalue weighted by atomic mass is 16.2. The number of nitrogens with zero attached hydrogens (tertiary/aromatic N) is 2. The lowest BCUT2D eigenvalue weighted by molar-refractivity contribution is 0.0924. The second-order valence-corrected chi connectivity index (χ2v) is 5.51. The fourth-order valence-electron chi connectivity index (χ4n) is 2.74. The molecular weight excluding hydrogens is 278 g/mol. The zero-order chi connectivity index (χ0) is 15.4. The minimum absolute atomic E-state index is 0.270. The van der Waals surface area contributed by atoms with Crippen molar-refractivity contribution in [2.75, 3.05) is 4.90 Å². The van der Waals surface area contributed by atoms with E-state index in [1.54, 1.807) is 24.3 Å². The predicted octanol–water partition coefficient (Wildman–Crippen LogP) is 2.98. The Bertz CT molecular complexity index is 882. The Morgan fingerprint density at radius 3 is 2.18 bits per heavy atom. The zero-order valence-corrected chi connectivity index (χ0v) is 12.2. The van der Waals surface area contributed by atoms with Gasteiger partial charge in [-0.05, 0) is 49.2 Å². The quantitative estimate of drug-likeness (QED) is 0.701. The summed E-state index contributed by atoms with van der Waals surface area (Å²) < 4.78 is 0. The molecule has 0 saturated carbocycles. The summed E-state index contributed by atoms with van der Waals surface area (Å²) in [4.78, 5) is 33.5. The fourth-order valence-corrected chi connectivity index (χ4v) is 2.74. The van der Waals surface area contributed by atoms with Crippen molar-refractivity contribution < 1.29 is 9.59 Å². The van der Waals surface area contributed by atoms with Crippen LogP contribution in [-0.2, 0) is 0 Å². The molecule has 5 heteroatoms. The Morgan fingerprint density at radius 2 is 1.55 bits per heavy atom. The Labute approximate surface area is 126 Å². The van der Waals surface area contributed by atoms with Crippen LogP contribution >= 0.6 is 0 Å². The van der Waals surface area contributed by atoms with Crippen molar-refractivity contribution in [3.8, 4) is 0 Å². The van der Waals surface area contributed by atoms with Crippen molar-refractivity contribution in [1.82, 2.24) is 9.97 Å². The first-order valence-corrected chi connectivity index (χ1v) is 7.01. The number of H-pyrrole nitrogens is 1. The molecule has 2 amide bonds. The van der Waals surface area contributed by atoms with E-state index >= 15 is 0 Å². The van der Waals surface area contributed by atoms with Gasteiger partial charge in [-0.25, -0.2) is 9.88 Å². The van der Waals surface area contributed by atoms with Gasteiger partial charge in [0.1, 0.15) is 0 Å². The SMILES string of the molecule is Cc1cc2nc(N3C(=O)c4ccccc4C3=O)[nH]c2cc1C. The molecule has 0 spiro atoms. The smallest absolute Gasteiger partial charge is 0.268 e. The van der Waals surface area contributed by atoms with Crippen LogP contribution in [0.1, 0.15) is 31.8 Å². The first kappa shape index (κ1) is 12.8. The summed E-state index contributed by atoms with van der Waals surface area (Å²) in [5.74, 6) is -0.410. The molecule has 0 unspecified atom stereocenters. The molecule has 0 atom stereocenters. The molecule has 3 aromatic rings. The number of nitrogens with one attached hydrogen (secondary N) is 1. The second-order valence-electron chi connectivity index (χ2n) is 5.51. The molecule has 0 bridgehead atoms. The molecule has 0 radical (unpaired) electrons. The number of imide groups is 1. The number of hydrogen-bond donors (Lipinski definition) is 1. The number of aryl methyl sites for hydroxylation is 2. The van der Waals surface area contributed by atoms with Gasteiger partial charge in [-0.1, -0.05) is 12.1 Å². The Morgan fingerprint density at radius 1 is 0.955 bits per heavy atom. The number of fused-ring (bicyclic) bond motifs is 2. The van der Waals surface area contributed by atoms with Crippen LogP contribution in [0.5, 0.6) is 0 Å². The Balaban J connectivity index is 1.87. The Hall–Kier alpha value is -2.95. The number of amides is 2. The summed E-state index contributed by atoms with van der Waals surface area (Å²) in [6, 6.07) is 10.7. The van der Waals surface area contributed by atoms with Crippen LogP contribution in [0.4, 0.5) is 5.95 Å². The number of carbonyl (C=O) groups excluding carboxylic acids is 2. The van der Waals surface area contributed by atoms with Gasteiger partial charge in [0.15, 0.2) is 0 Å². The third kappa shape index (κ3) is 1.62. The Kier molecular flexibility index (Phi) is 2.48. The monoisotopic (exact) mass is 291 g/mol. The van der Waals surface area contributed by atoms with Crippen molar-refractivity contribution in [1.29, 1.82) is 0 Å². The van der Waals surface area contributed by atoms with E-state index in [1.807, 2.05) is 26.0 Å². The number of hydrogen-bond acceptors (Lipinski definition) is 3. The molecule has 2 aromatic carbocycles. The van der Waals surface area contributed by atoms with Crippen molar-refractivity contribution >= 4 is 28.8 Å². The maximum Gasteiger partial charge on any atom is 0.268 e. The van der Waals surface area contributed by atoms with Gasteiger partial charge < -0.3 is 4.98 Å². The van der Waals surface area contributed by atoms with Crippen LogP contribution in [0.25, 0.3) is 11.0 Å². The van der Waals surface area contributed by atoms with Crippen LogP contribution in [0, 0.1) is 13.8 Å². The molecule has 1 aliphatic heterocycles. The highest BCUT2D eigenvalue weighted by Crippen LogP contribution is 2.28. The molecule has 4 rings (SSSR count). The van der Waals surface area contributed by atoms with Crippen LogP contribution in [-0.4, -0.2) is 21.8 Å². The van der Waals surface area contributed by atoms with E-state index in [9.17, 15) is 9.59 Å². The summed E-state index contributed by atoms with van der Waals surface area (Å²) in [7, 11) is 0. The topological polar surface area (TPSA) is 66.1 Å². The second kappa shape index (κ2) is 4.27. The lowest BCUT2D eigenvalue weighted by Crippen LogP contribution is -2.30. The number of aromatic nitrogens is 2. The normalized spacial score (nSPS) is 14.0. The van der Waals surface area contributed by atoms with Gasteiger partial charge in [0.25, 0.3) is 11.8 Å². The highest BCUT2D eigenvalue weighted by molar-refractivity contribution is 6.34. The van der Waals surface area contributed by atoms with E-state index < -0.39 is 0 Å². The average molecular weight is 291 g/mol. The first-order valence-electron chi connectivity index (χ1n) is 7.01. The molecule has 1 aromatic heterocycles. The summed E-state index contributed by atoms with van der Waals surface area (Å²) in [5.41, 5.74) is 4.64. The fraction of sp³-hybridized carbons (Fsp3) is 0.118. The van der Waals surface area contributed by atoms with Gasteiger partial charge in [0.2, 0.25) is 5.95 Å². The molecule has 0 aliphatic carbocycles. The van der Waals surface area contributed by atoms with E-state index in [-0.39, 0.29) is 17.8 Å². The third-order valence-electron chi connectivity index (χ3n) is 4.09. The number of rotatable bonds is 1. The maximum atomic E-state index is 12.5. The average Bonchev–Trinajstić information content (AvgIpc) is 3.00. The molecule has 1 N–H and O–H groups in total. The number of anilines is 1. The predicted molar refractivity (Wildman–Crippen MR) is 83.1 cm³/mol. The van der Waals surface area contributed by atoms with Gasteiger partial charge in [-0.2, -0.15) is 0 Å². The standard InChI is InChI=1S/C17H13N3O2/c1-9-7-13-14(8-10(9)2)19-17(18-13)20-15(21)11-5-3-4-6-12(11)16(20)22/h3-8H,1-2H3,(H,18,19). The lowest BCUT2D eigenvalue weighted by atomic mass is 10.1. The van der Waals surface area contributed by atoms with Gasteiger partial charge in [-0.3, -0.25) is 9.59 Å². The van der Waals surface area contributed by atoms with Crippen LogP contribution in [0.2, 0.25) is 0 Å². The molecule has 22 heavy (non-hydrogen) atoms. The number of carbonyl (C=O) groups is 2. The van der Waals surface area contributed by atoms with E-state index in [0.717, 1.165) is 27.1 Å². The van der Waals surface area contributed by atoms with Gasteiger partial charge >= 0.3 is 0 Å². The van der Waals surface area contributed by atoms with E-state index in [1.165, 1.54) is 0 Å².